The fourth-order valence-electron chi connectivity index (χ4n) is 3.13. The molecule has 26 heavy (non-hydrogen) atoms. The van der Waals surface area contributed by atoms with E-state index in [-0.39, 0.29) is 6.03 Å². The van der Waals surface area contributed by atoms with Crippen molar-refractivity contribution in [3.8, 4) is 0 Å². The Labute approximate surface area is 155 Å². The number of hydrogen-bond acceptors (Lipinski definition) is 4. The first-order chi connectivity index (χ1) is 12.5. The van der Waals surface area contributed by atoms with Crippen LogP contribution in [0.25, 0.3) is 0 Å². The monoisotopic (exact) mass is 353 g/mol. The molecule has 0 aliphatic carbocycles. The maximum absolute atomic E-state index is 12.1. The summed E-state index contributed by atoms with van der Waals surface area (Å²) in [6.07, 6.45) is 1.71. The summed E-state index contributed by atoms with van der Waals surface area (Å²) in [6, 6.07) is 11.9. The Morgan fingerprint density at radius 1 is 1.04 bits per heavy atom. The third-order valence-corrected chi connectivity index (χ3v) is 4.65. The first-order valence-electron chi connectivity index (χ1n) is 9.11. The first-order valence-corrected chi connectivity index (χ1v) is 9.11. The van der Waals surface area contributed by atoms with Crippen LogP contribution in [0.4, 0.5) is 22.0 Å². The lowest BCUT2D eigenvalue weighted by Crippen LogP contribution is -2.49. The predicted octanol–water partition coefficient (Wildman–Crippen LogP) is 3.56. The molecule has 6 nitrogen and oxygen atoms in total. The van der Waals surface area contributed by atoms with Crippen LogP contribution in [0.1, 0.15) is 19.4 Å². The molecule has 0 unspecified atom stereocenters. The van der Waals surface area contributed by atoms with Gasteiger partial charge in [0.05, 0.1) is 11.9 Å². The van der Waals surface area contributed by atoms with Gasteiger partial charge < -0.3 is 15.5 Å². The standard InChI is InChI=1S/C20H27N5O/c1-15(2)24-9-11-25(12-10-24)19-8-7-18(14-21-19)23-20(26)22-17-6-4-5-16(3)13-17/h4-8,13-15H,9-12H2,1-3H3,(H2,22,23,26). The minimum absolute atomic E-state index is 0.268. The highest BCUT2D eigenvalue weighted by atomic mass is 16.2. The minimum Gasteiger partial charge on any atom is -0.354 e. The number of urea groups is 1. The Morgan fingerprint density at radius 3 is 2.38 bits per heavy atom. The zero-order chi connectivity index (χ0) is 18.5. The molecule has 0 radical (unpaired) electrons. The van der Waals surface area contributed by atoms with Crippen LogP contribution in [-0.4, -0.2) is 48.1 Å². The average molecular weight is 353 g/mol. The van der Waals surface area contributed by atoms with Crippen LogP contribution >= 0.6 is 0 Å². The highest BCUT2D eigenvalue weighted by molar-refractivity contribution is 5.99. The smallest absolute Gasteiger partial charge is 0.323 e. The van der Waals surface area contributed by atoms with E-state index in [1.807, 2.05) is 43.3 Å². The van der Waals surface area contributed by atoms with E-state index >= 15 is 0 Å². The van der Waals surface area contributed by atoms with Gasteiger partial charge in [-0.2, -0.15) is 0 Å². The lowest BCUT2D eigenvalue weighted by Gasteiger charge is -2.37. The summed E-state index contributed by atoms with van der Waals surface area (Å²) in [7, 11) is 0. The number of rotatable bonds is 4. The molecule has 2 aromatic rings. The number of carbonyl (C=O) groups excluding carboxylic acids is 1. The Balaban J connectivity index is 1.54. The van der Waals surface area contributed by atoms with Crippen molar-refractivity contribution in [1.82, 2.24) is 9.88 Å². The Hall–Kier alpha value is -2.60. The molecule has 1 aromatic carbocycles. The van der Waals surface area contributed by atoms with Gasteiger partial charge in [-0.1, -0.05) is 12.1 Å². The van der Waals surface area contributed by atoms with Gasteiger partial charge >= 0.3 is 6.03 Å². The number of aromatic nitrogens is 1. The zero-order valence-electron chi connectivity index (χ0n) is 15.7. The Bertz CT molecular complexity index is 736. The highest BCUT2D eigenvalue weighted by Gasteiger charge is 2.19. The SMILES string of the molecule is Cc1cccc(NC(=O)Nc2ccc(N3CCN(C(C)C)CC3)nc2)c1. The van der Waals surface area contributed by atoms with Crippen molar-refractivity contribution >= 4 is 23.2 Å². The lowest BCUT2D eigenvalue weighted by atomic mass is 10.2. The largest absolute Gasteiger partial charge is 0.354 e. The van der Waals surface area contributed by atoms with Crippen molar-refractivity contribution in [3.63, 3.8) is 0 Å². The molecule has 1 fully saturated rings. The lowest BCUT2D eigenvalue weighted by molar-refractivity contribution is 0.209. The molecule has 0 bridgehead atoms. The van der Waals surface area contributed by atoms with E-state index in [2.05, 4.69) is 39.3 Å². The van der Waals surface area contributed by atoms with E-state index in [4.69, 9.17) is 0 Å². The summed E-state index contributed by atoms with van der Waals surface area (Å²) in [6.45, 7) is 10.5. The molecule has 0 spiro atoms. The summed E-state index contributed by atoms with van der Waals surface area (Å²) in [4.78, 5) is 21.4. The van der Waals surface area contributed by atoms with Crippen molar-refractivity contribution in [2.75, 3.05) is 41.7 Å². The molecule has 2 heterocycles. The van der Waals surface area contributed by atoms with Crippen LogP contribution < -0.4 is 15.5 Å². The van der Waals surface area contributed by atoms with E-state index in [9.17, 15) is 4.79 Å². The third kappa shape index (κ3) is 4.73. The van der Waals surface area contributed by atoms with Gasteiger partial charge in [0.25, 0.3) is 0 Å². The predicted molar refractivity (Wildman–Crippen MR) is 107 cm³/mol. The molecule has 3 rings (SSSR count). The number of nitrogens with one attached hydrogen (secondary N) is 2. The van der Waals surface area contributed by atoms with Gasteiger partial charge in [-0.25, -0.2) is 9.78 Å². The summed E-state index contributed by atoms with van der Waals surface area (Å²) in [5, 5.41) is 5.65. The second-order valence-corrected chi connectivity index (χ2v) is 6.97. The van der Waals surface area contributed by atoms with E-state index in [0.717, 1.165) is 43.2 Å². The summed E-state index contributed by atoms with van der Waals surface area (Å²) < 4.78 is 0. The molecule has 1 aliphatic heterocycles. The fraction of sp³-hybridized carbons (Fsp3) is 0.400. The van der Waals surface area contributed by atoms with Crippen LogP contribution in [0.2, 0.25) is 0 Å². The zero-order valence-corrected chi connectivity index (χ0v) is 15.7. The maximum atomic E-state index is 12.1. The highest BCUT2D eigenvalue weighted by Crippen LogP contribution is 2.17. The molecule has 6 heteroatoms. The van der Waals surface area contributed by atoms with Gasteiger partial charge in [0.15, 0.2) is 0 Å². The van der Waals surface area contributed by atoms with Crippen molar-refractivity contribution in [3.05, 3.63) is 48.2 Å². The third-order valence-electron chi connectivity index (χ3n) is 4.65. The van der Waals surface area contributed by atoms with Gasteiger partial charge in [0.1, 0.15) is 5.82 Å². The van der Waals surface area contributed by atoms with Gasteiger partial charge in [0, 0.05) is 37.9 Å². The second kappa shape index (κ2) is 8.19. The van der Waals surface area contributed by atoms with E-state index < -0.39 is 0 Å². The number of piperazine rings is 1. The van der Waals surface area contributed by atoms with Gasteiger partial charge in [0.2, 0.25) is 0 Å². The van der Waals surface area contributed by atoms with Crippen LogP contribution in [0.3, 0.4) is 0 Å². The summed E-state index contributed by atoms with van der Waals surface area (Å²) >= 11 is 0. The molecular weight excluding hydrogens is 326 g/mol. The fourth-order valence-corrected chi connectivity index (χ4v) is 3.13. The molecule has 0 saturated carbocycles. The Morgan fingerprint density at radius 2 is 1.77 bits per heavy atom. The normalized spacial score (nSPS) is 15.2. The van der Waals surface area contributed by atoms with Crippen molar-refractivity contribution in [2.45, 2.75) is 26.8 Å². The second-order valence-electron chi connectivity index (χ2n) is 6.97. The molecule has 138 valence electrons. The molecular formula is C20H27N5O. The number of anilines is 3. The Kier molecular flexibility index (Phi) is 5.73. The van der Waals surface area contributed by atoms with Crippen molar-refractivity contribution in [2.24, 2.45) is 0 Å². The molecule has 0 atom stereocenters. The quantitative estimate of drug-likeness (QED) is 0.882. The van der Waals surface area contributed by atoms with Crippen LogP contribution in [-0.2, 0) is 0 Å². The average Bonchev–Trinajstić information content (AvgIpc) is 2.62. The number of benzene rings is 1. The number of hydrogen-bond donors (Lipinski definition) is 2. The van der Waals surface area contributed by atoms with Crippen LogP contribution in [0, 0.1) is 6.92 Å². The molecule has 1 saturated heterocycles. The molecule has 1 aliphatic rings. The summed E-state index contributed by atoms with van der Waals surface area (Å²) in [5.41, 5.74) is 2.56. The van der Waals surface area contributed by atoms with Gasteiger partial charge in [-0.15, -0.1) is 0 Å². The maximum Gasteiger partial charge on any atom is 0.323 e. The number of pyridine rings is 1. The van der Waals surface area contributed by atoms with Crippen LogP contribution in [0.15, 0.2) is 42.6 Å². The number of nitrogens with zero attached hydrogens (tertiary/aromatic N) is 3. The molecule has 2 amide bonds. The number of amides is 2. The van der Waals surface area contributed by atoms with E-state index in [1.54, 1.807) is 6.20 Å². The summed E-state index contributed by atoms with van der Waals surface area (Å²) in [5.74, 6) is 0.957. The number of carbonyl (C=O) groups is 1. The van der Waals surface area contributed by atoms with Gasteiger partial charge in [-0.05, 0) is 50.6 Å². The molecule has 1 aromatic heterocycles. The first kappa shape index (κ1) is 18.2. The van der Waals surface area contributed by atoms with Crippen molar-refractivity contribution < 1.29 is 4.79 Å². The minimum atomic E-state index is -0.268. The van der Waals surface area contributed by atoms with Crippen LogP contribution in [0.5, 0.6) is 0 Å². The van der Waals surface area contributed by atoms with E-state index in [0.29, 0.717) is 11.7 Å². The molecule has 2 N–H and O–H groups in total. The van der Waals surface area contributed by atoms with Crippen molar-refractivity contribution in [1.29, 1.82) is 0 Å². The number of aryl methyl sites for hydroxylation is 1. The van der Waals surface area contributed by atoms with Gasteiger partial charge in [-0.3, -0.25) is 4.90 Å². The topological polar surface area (TPSA) is 60.5 Å². The van der Waals surface area contributed by atoms with E-state index in [1.165, 1.54) is 0 Å².